The summed E-state index contributed by atoms with van der Waals surface area (Å²) in [7, 11) is 0. The quantitative estimate of drug-likeness (QED) is 0.361. The summed E-state index contributed by atoms with van der Waals surface area (Å²) in [6.45, 7) is 6.53. The van der Waals surface area contributed by atoms with Gasteiger partial charge in [-0.2, -0.15) is 0 Å². The third kappa shape index (κ3) is 8.62. The van der Waals surface area contributed by atoms with Crippen LogP contribution in [0.4, 0.5) is 11.4 Å². The van der Waals surface area contributed by atoms with Gasteiger partial charge in [0.15, 0.2) is 0 Å². The molecule has 0 aromatic heterocycles. The summed E-state index contributed by atoms with van der Waals surface area (Å²) in [6.07, 6.45) is 1.88. The predicted molar refractivity (Wildman–Crippen MR) is 137 cm³/mol. The second kappa shape index (κ2) is 11.9. The van der Waals surface area contributed by atoms with Crippen molar-refractivity contribution in [3.63, 3.8) is 0 Å². The van der Waals surface area contributed by atoms with E-state index in [0.29, 0.717) is 17.9 Å². The molecule has 0 aliphatic carbocycles. The molecule has 0 saturated heterocycles. The van der Waals surface area contributed by atoms with Crippen LogP contribution in [0.2, 0.25) is 0 Å². The Kier molecular flexibility index (Phi) is 8.68. The van der Waals surface area contributed by atoms with E-state index in [1.807, 2.05) is 63.2 Å². The van der Waals surface area contributed by atoms with E-state index in [4.69, 9.17) is 4.74 Å². The van der Waals surface area contributed by atoms with E-state index in [0.717, 1.165) is 24.3 Å². The van der Waals surface area contributed by atoms with E-state index >= 15 is 0 Å². The minimum Gasteiger partial charge on any atom is -0.494 e. The maximum atomic E-state index is 12.4. The molecule has 0 bridgehead atoms. The Bertz CT molecular complexity index is 1070. The van der Waals surface area contributed by atoms with Crippen LogP contribution in [0.25, 0.3) is 0 Å². The van der Waals surface area contributed by atoms with Crippen LogP contribution in [0.15, 0.2) is 78.9 Å². The Balaban J connectivity index is 1.42. The maximum absolute atomic E-state index is 12.4. The van der Waals surface area contributed by atoms with Crippen molar-refractivity contribution in [3.05, 3.63) is 90.0 Å². The van der Waals surface area contributed by atoms with Crippen LogP contribution in [0.5, 0.6) is 5.75 Å². The van der Waals surface area contributed by atoms with Crippen LogP contribution in [-0.2, 0) is 11.2 Å². The zero-order valence-electron chi connectivity index (χ0n) is 20.1. The Morgan fingerprint density at radius 3 is 2.29 bits per heavy atom. The van der Waals surface area contributed by atoms with Crippen molar-refractivity contribution in [3.8, 4) is 5.75 Å². The molecule has 0 heterocycles. The van der Waals surface area contributed by atoms with Crippen molar-refractivity contribution < 1.29 is 14.3 Å². The predicted octanol–water partition coefficient (Wildman–Crippen LogP) is 5.28. The number of aryl methyl sites for hydroxylation is 1. The molecule has 6 nitrogen and oxygen atoms in total. The molecule has 0 unspecified atom stereocenters. The fourth-order valence-electron chi connectivity index (χ4n) is 3.31. The first-order chi connectivity index (χ1) is 16.3. The lowest BCUT2D eigenvalue weighted by molar-refractivity contribution is -0.114. The minimum atomic E-state index is -0.295. The van der Waals surface area contributed by atoms with Crippen LogP contribution in [0, 0.1) is 0 Å². The Morgan fingerprint density at radius 2 is 1.59 bits per heavy atom. The molecule has 0 radical (unpaired) electrons. The first kappa shape index (κ1) is 24.8. The highest BCUT2D eigenvalue weighted by Crippen LogP contribution is 2.18. The molecule has 3 N–H and O–H groups in total. The van der Waals surface area contributed by atoms with Crippen LogP contribution < -0.4 is 20.7 Å². The van der Waals surface area contributed by atoms with Gasteiger partial charge < -0.3 is 20.7 Å². The second-order valence-electron chi connectivity index (χ2n) is 9.15. The van der Waals surface area contributed by atoms with Gasteiger partial charge in [-0.15, -0.1) is 0 Å². The van der Waals surface area contributed by atoms with Gasteiger partial charge >= 0.3 is 0 Å². The number of amides is 2. The van der Waals surface area contributed by atoms with Gasteiger partial charge in [0.25, 0.3) is 5.91 Å². The van der Waals surface area contributed by atoms with Gasteiger partial charge in [-0.3, -0.25) is 9.59 Å². The van der Waals surface area contributed by atoms with Crippen LogP contribution in [0.3, 0.4) is 0 Å². The molecule has 0 aliphatic heterocycles. The average molecular weight is 460 g/mol. The fraction of sp³-hybridized carbons (Fsp3) is 0.286. The van der Waals surface area contributed by atoms with Crippen LogP contribution >= 0.6 is 0 Å². The summed E-state index contributed by atoms with van der Waals surface area (Å²) < 4.78 is 5.84. The highest BCUT2D eigenvalue weighted by atomic mass is 16.5. The van der Waals surface area contributed by atoms with Crippen molar-refractivity contribution in [2.75, 3.05) is 23.8 Å². The summed E-state index contributed by atoms with van der Waals surface area (Å²) in [5, 5.41) is 8.88. The van der Waals surface area contributed by atoms with Crippen molar-refractivity contribution >= 4 is 23.2 Å². The number of hydrogen-bond donors (Lipinski definition) is 3. The van der Waals surface area contributed by atoms with E-state index < -0.39 is 0 Å². The zero-order valence-corrected chi connectivity index (χ0v) is 20.1. The van der Waals surface area contributed by atoms with Gasteiger partial charge in [0.2, 0.25) is 5.91 Å². The fourth-order valence-corrected chi connectivity index (χ4v) is 3.31. The number of carbonyl (C=O) groups is 2. The van der Waals surface area contributed by atoms with Crippen molar-refractivity contribution in [2.45, 2.75) is 39.2 Å². The third-order valence-electron chi connectivity index (χ3n) is 4.93. The van der Waals surface area contributed by atoms with Gasteiger partial charge in [0.1, 0.15) is 5.75 Å². The average Bonchev–Trinajstić information content (AvgIpc) is 2.81. The molecule has 0 spiro atoms. The molecule has 34 heavy (non-hydrogen) atoms. The number of anilines is 2. The van der Waals surface area contributed by atoms with Crippen molar-refractivity contribution in [1.82, 2.24) is 5.32 Å². The van der Waals surface area contributed by atoms with E-state index in [-0.39, 0.29) is 23.9 Å². The molecular formula is C28H33N3O3. The normalized spacial score (nSPS) is 10.9. The second-order valence-corrected chi connectivity index (χ2v) is 9.15. The molecule has 6 heteroatoms. The van der Waals surface area contributed by atoms with Gasteiger partial charge in [-0.25, -0.2) is 0 Å². The van der Waals surface area contributed by atoms with Crippen LogP contribution in [-0.4, -0.2) is 30.5 Å². The van der Waals surface area contributed by atoms with E-state index in [2.05, 4.69) is 28.1 Å². The number of ether oxygens (including phenoxy) is 1. The molecule has 0 fully saturated rings. The monoisotopic (exact) mass is 459 g/mol. The molecule has 0 saturated carbocycles. The van der Waals surface area contributed by atoms with Crippen molar-refractivity contribution in [2.24, 2.45) is 0 Å². The van der Waals surface area contributed by atoms with E-state index in [9.17, 15) is 9.59 Å². The molecule has 3 aromatic carbocycles. The SMILES string of the molecule is CC(C)(C)NC(=O)c1ccc(NCC(=O)Nc2cccc(OCCCc3ccccc3)c2)cc1. The Labute approximate surface area is 201 Å². The molecule has 3 rings (SSSR count). The lowest BCUT2D eigenvalue weighted by Crippen LogP contribution is -2.40. The number of rotatable bonds is 10. The molecule has 178 valence electrons. The number of hydrogen-bond acceptors (Lipinski definition) is 4. The lowest BCUT2D eigenvalue weighted by atomic mass is 10.1. The van der Waals surface area contributed by atoms with Crippen molar-refractivity contribution in [1.29, 1.82) is 0 Å². The third-order valence-corrected chi connectivity index (χ3v) is 4.93. The number of nitrogens with one attached hydrogen (secondary N) is 3. The first-order valence-corrected chi connectivity index (χ1v) is 11.5. The maximum Gasteiger partial charge on any atom is 0.251 e. The Hall–Kier alpha value is -3.80. The first-order valence-electron chi connectivity index (χ1n) is 11.5. The number of carbonyl (C=O) groups excluding carboxylic acids is 2. The zero-order chi connectivity index (χ0) is 24.4. The van der Waals surface area contributed by atoms with Gasteiger partial charge in [-0.1, -0.05) is 36.4 Å². The summed E-state index contributed by atoms with van der Waals surface area (Å²) in [4.78, 5) is 24.6. The highest BCUT2D eigenvalue weighted by molar-refractivity contribution is 5.95. The molecular weight excluding hydrogens is 426 g/mol. The summed E-state index contributed by atoms with van der Waals surface area (Å²) in [6, 6.07) is 24.8. The standard InChI is InChI=1S/C28H33N3O3/c1-28(2,3)31-27(33)22-14-16-23(17-15-22)29-20-26(32)30-24-12-7-13-25(19-24)34-18-8-11-21-9-5-4-6-10-21/h4-7,9-10,12-17,19,29H,8,11,18,20H2,1-3H3,(H,30,32)(H,31,33). The molecule has 2 amide bonds. The molecule has 0 atom stereocenters. The minimum absolute atomic E-state index is 0.107. The van der Waals surface area contributed by atoms with E-state index in [1.54, 1.807) is 24.3 Å². The summed E-state index contributed by atoms with van der Waals surface area (Å²) >= 11 is 0. The van der Waals surface area contributed by atoms with Crippen LogP contribution in [0.1, 0.15) is 43.1 Å². The van der Waals surface area contributed by atoms with E-state index in [1.165, 1.54) is 5.56 Å². The summed E-state index contributed by atoms with van der Waals surface area (Å²) in [5.41, 5.74) is 3.02. The van der Waals surface area contributed by atoms with Gasteiger partial charge in [-0.05, 0) is 75.6 Å². The van der Waals surface area contributed by atoms with Gasteiger partial charge in [0.05, 0.1) is 13.2 Å². The largest absolute Gasteiger partial charge is 0.494 e. The topological polar surface area (TPSA) is 79.5 Å². The number of benzene rings is 3. The smallest absolute Gasteiger partial charge is 0.251 e. The molecule has 0 aliphatic rings. The Morgan fingerprint density at radius 1 is 0.853 bits per heavy atom. The highest BCUT2D eigenvalue weighted by Gasteiger charge is 2.15. The molecule has 3 aromatic rings. The van der Waals surface area contributed by atoms with Gasteiger partial charge in [0, 0.05) is 28.5 Å². The summed E-state index contributed by atoms with van der Waals surface area (Å²) in [5.74, 6) is 0.428. The lowest BCUT2D eigenvalue weighted by Gasteiger charge is -2.20.